The fraction of sp³-hybridized carbons (Fsp3) is 0.250. The van der Waals surface area contributed by atoms with E-state index in [-0.39, 0.29) is 11.5 Å². The number of hydrogen-bond acceptors (Lipinski definition) is 5. The molecule has 134 valence electrons. The summed E-state index contributed by atoms with van der Waals surface area (Å²) < 4.78 is 24.2. The minimum atomic E-state index is -0.438. The summed E-state index contributed by atoms with van der Waals surface area (Å²) in [7, 11) is 1.35. The number of esters is 1. The predicted octanol–water partition coefficient (Wildman–Crippen LogP) is 4.56. The maximum atomic E-state index is 14.0. The van der Waals surface area contributed by atoms with Crippen molar-refractivity contribution in [1.82, 2.24) is 10.1 Å². The van der Waals surface area contributed by atoms with Gasteiger partial charge < -0.3 is 9.26 Å². The molecule has 1 aromatic heterocycles. The van der Waals surface area contributed by atoms with Gasteiger partial charge in [-0.1, -0.05) is 17.3 Å². The van der Waals surface area contributed by atoms with Crippen LogP contribution in [0.4, 0.5) is 4.39 Å². The molecule has 5 nitrogen and oxygen atoms in total. The van der Waals surface area contributed by atoms with E-state index < -0.39 is 11.8 Å². The van der Waals surface area contributed by atoms with Crippen molar-refractivity contribution in [2.24, 2.45) is 0 Å². The molecule has 1 heterocycles. The van der Waals surface area contributed by atoms with Gasteiger partial charge in [0, 0.05) is 5.56 Å². The molecule has 0 amide bonds. The molecular formula is C20H19FN2O3. The fourth-order valence-corrected chi connectivity index (χ4v) is 3.16. The molecular weight excluding hydrogens is 335 g/mol. The molecule has 0 atom stereocenters. The number of methoxy groups -OCH3 is 1. The van der Waals surface area contributed by atoms with Crippen LogP contribution in [0.2, 0.25) is 0 Å². The van der Waals surface area contributed by atoms with Crippen molar-refractivity contribution in [3.63, 3.8) is 0 Å². The number of carbonyl (C=O) groups is 1. The van der Waals surface area contributed by atoms with Crippen molar-refractivity contribution in [2.75, 3.05) is 7.11 Å². The van der Waals surface area contributed by atoms with E-state index in [1.165, 1.54) is 13.2 Å². The molecule has 0 aliphatic heterocycles. The number of hydrogen-bond donors (Lipinski definition) is 0. The van der Waals surface area contributed by atoms with E-state index in [0.717, 1.165) is 16.7 Å². The van der Waals surface area contributed by atoms with Crippen molar-refractivity contribution in [3.05, 3.63) is 57.9 Å². The Hall–Kier alpha value is -3.02. The molecule has 26 heavy (non-hydrogen) atoms. The number of carbonyl (C=O) groups excluding carboxylic acids is 1. The SMILES string of the molecule is COC(=O)c1c(C)c(C)c(C)c(-c2noc(-c3ccccc3F)n2)c1C. The van der Waals surface area contributed by atoms with Crippen molar-refractivity contribution < 1.29 is 18.4 Å². The highest BCUT2D eigenvalue weighted by atomic mass is 19.1. The predicted molar refractivity (Wildman–Crippen MR) is 95.4 cm³/mol. The highest BCUT2D eigenvalue weighted by Gasteiger charge is 2.24. The van der Waals surface area contributed by atoms with Crippen LogP contribution in [0.1, 0.15) is 32.6 Å². The summed E-state index contributed by atoms with van der Waals surface area (Å²) in [5.74, 6) is -0.449. The number of aromatic nitrogens is 2. The van der Waals surface area contributed by atoms with Gasteiger partial charge in [-0.15, -0.1) is 0 Å². The average Bonchev–Trinajstić information content (AvgIpc) is 3.09. The molecule has 0 unspecified atom stereocenters. The first-order chi connectivity index (χ1) is 12.4. The van der Waals surface area contributed by atoms with Gasteiger partial charge in [0.2, 0.25) is 5.82 Å². The van der Waals surface area contributed by atoms with Crippen LogP contribution in [0, 0.1) is 33.5 Å². The number of rotatable bonds is 3. The summed E-state index contributed by atoms with van der Waals surface area (Å²) in [5, 5.41) is 4.02. The standard InChI is InChI=1S/C20H19FN2O3/c1-10-11(2)16(13(4)17(12(10)3)20(24)25-5)18-22-19(26-23-18)14-8-6-7-9-15(14)21/h6-9H,1-5H3. The zero-order valence-electron chi connectivity index (χ0n) is 15.3. The monoisotopic (exact) mass is 354 g/mol. The van der Waals surface area contributed by atoms with Crippen molar-refractivity contribution >= 4 is 5.97 Å². The van der Waals surface area contributed by atoms with Crippen LogP contribution in [-0.2, 0) is 4.74 Å². The van der Waals surface area contributed by atoms with Crippen LogP contribution >= 0.6 is 0 Å². The van der Waals surface area contributed by atoms with E-state index in [9.17, 15) is 9.18 Å². The molecule has 0 saturated carbocycles. The second-order valence-electron chi connectivity index (χ2n) is 6.14. The highest BCUT2D eigenvalue weighted by Crippen LogP contribution is 2.34. The van der Waals surface area contributed by atoms with E-state index in [2.05, 4.69) is 10.1 Å². The van der Waals surface area contributed by atoms with Crippen molar-refractivity contribution in [1.29, 1.82) is 0 Å². The molecule has 0 fully saturated rings. The summed E-state index contributed by atoms with van der Waals surface area (Å²) in [5.41, 5.74) is 4.87. The Bertz CT molecular complexity index is 1010. The van der Waals surface area contributed by atoms with E-state index in [0.29, 0.717) is 22.5 Å². The normalized spacial score (nSPS) is 10.8. The van der Waals surface area contributed by atoms with Gasteiger partial charge in [-0.25, -0.2) is 9.18 Å². The van der Waals surface area contributed by atoms with Gasteiger partial charge in [0.1, 0.15) is 5.82 Å². The number of halogens is 1. The van der Waals surface area contributed by atoms with Crippen LogP contribution in [0.3, 0.4) is 0 Å². The maximum absolute atomic E-state index is 14.0. The van der Waals surface area contributed by atoms with E-state index >= 15 is 0 Å². The molecule has 0 radical (unpaired) electrons. The molecule has 0 saturated heterocycles. The second-order valence-corrected chi connectivity index (χ2v) is 6.14. The van der Waals surface area contributed by atoms with Gasteiger partial charge in [0.05, 0.1) is 18.2 Å². The topological polar surface area (TPSA) is 65.2 Å². The average molecular weight is 354 g/mol. The molecule has 3 aromatic rings. The zero-order valence-corrected chi connectivity index (χ0v) is 15.3. The molecule has 0 bridgehead atoms. The Balaban J connectivity index is 2.21. The van der Waals surface area contributed by atoms with Crippen LogP contribution < -0.4 is 0 Å². The maximum Gasteiger partial charge on any atom is 0.338 e. The summed E-state index contributed by atoms with van der Waals surface area (Å²) in [6, 6.07) is 6.20. The minimum absolute atomic E-state index is 0.0924. The minimum Gasteiger partial charge on any atom is -0.465 e. The molecule has 0 aliphatic rings. The fourth-order valence-electron chi connectivity index (χ4n) is 3.16. The van der Waals surface area contributed by atoms with Gasteiger partial charge in [0.15, 0.2) is 0 Å². The Kier molecular flexibility index (Phi) is 4.59. The lowest BCUT2D eigenvalue weighted by Gasteiger charge is -2.17. The first kappa shape index (κ1) is 17.8. The van der Waals surface area contributed by atoms with E-state index in [1.54, 1.807) is 18.2 Å². The molecule has 0 spiro atoms. The quantitative estimate of drug-likeness (QED) is 0.645. The summed E-state index contributed by atoms with van der Waals surface area (Å²) >= 11 is 0. The van der Waals surface area contributed by atoms with E-state index in [4.69, 9.17) is 9.26 Å². The molecule has 3 rings (SSSR count). The van der Waals surface area contributed by atoms with Crippen LogP contribution in [0.5, 0.6) is 0 Å². The molecule has 2 aromatic carbocycles. The van der Waals surface area contributed by atoms with Gasteiger partial charge in [-0.05, 0) is 62.1 Å². The molecule has 0 N–H and O–H groups in total. The molecule has 6 heteroatoms. The first-order valence-electron chi connectivity index (χ1n) is 8.14. The largest absolute Gasteiger partial charge is 0.465 e. The van der Waals surface area contributed by atoms with Gasteiger partial charge in [-0.3, -0.25) is 0 Å². The Morgan fingerprint density at radius 3 is 2.38 bits per heavy atom. The van der Waals surface area contributed by atoms with Crippen LogP contribution in [0.25, 0.3) is 22.8 Å². The number of ether oxygens (including phenoxy) is 1. The van der Waals surface area contributed by atoms with Gasteiger partial charge in [-0.2, -0.15) is 4.98 Å². The summed E-state index contributed by atoms with van der Waals surface area (Å²) in [6.07, 6.45) is 0. The van der Waals surface area contributed by atoms with E-state index in [1.807, 2.05) is 27.7 Å². The third kappa shape index (κ3) is 2.77. The first-order valence-corrected chi connectivity index (χ1v) is 8.14. The second kappa shape index (κ2) is 6.71. The highest BCUT2D eigenvalue weighted by molar-refractivity contribution is 5.96. The smallest absolute Gasteiger partial charge is 0.338 e. The molecule has 0 aliphatic carbocycles. The summed E-state index contributed by atoms with van der Waals surface area (Å²) in [4.78, 5) is 16.6. The third-order valence-corrected chi connectivity index (χ3v) is 4.77. The van der Waals surface area contributed by atoms with Crippen LogP contribution in [0.15, 0.2) is 28.8 Å². The van der Waals surface area contributed by atoms with Crippen molar-refractivity contribution in [3.8, 4) is 22.8 Å². The van der Waals surface area contributed by atoms with Gasteiger partial charge >= 0.3 is 5.97 Å². The lowest BCUT2D eigenvalue weighted by atomic mass is 9.88. The van der Waals surface area contributed by atoms with Crippen molar-refractivity contribution in [2.45, 2.75) is 27.7 Å². The zero-order chi connectivity index (χ0) is 19.0. The van der Waals surface area contributed by atoms with Crippen LogP contribution in [-0.4, -0.2) is 23.2 Å². The Labute approximate surface area is 150 Å². The lowest BCUT2D eigenvalue weighted by Crippen LogP contribution is -2.11. The summed E-state index contributed by atoms with van der Waals surface area (Å²) in [6.45, 7) is 7.56. The number of benzene rings is 2. The third-order valence-electron chi connectivity index (χ3n) is 4.77. The lowest BCUT2D eigenvalue weighted by molar-refractivity contribution is 0.0599. The Morgan fingerprint density at radius 1 is 1.04 bits per heavy atom. The van der Waals surface area contributed by atoms with Gasteiger partial charge in [0.25, 0.3) is 5.89 Å². The number of nitrogens with zero attached hydrogens (tertiary/aromatic N) is 2. The Morgan fingerprint density at radius 2 is 1.73 bits per heavy atom.